The van der Waals surface area contributed by atoms with E-state index in [1.165, 1.54) is 6.42 Å². The highest BCUT2D eigenvalue weighted by molar-refractivity contribution is 7.81. The summed E-state index contributed by atoms with van der Waals surface area (Å²) >= 11 is 4.42. The molecule has 1 amide bonds. The molecule has 0 spiro atoms. The molecule has 20 heavy (non-hydrogen) atoms. The minimum absolute atomic E-state index is 0.0363. The van der Waals surface area contributed by atoms with Gasteiger partial charge in [0.05, 0.1) is 5.25 Å². The van der Waals surface area contributed by atoms with E-state index in [9.17, 15) is 4.79 Å². The molecule has 1 N–H and O–H groups in total. The molecule has 3 heteroatoms. The monoisotopic (exact) mass is 293 g/mol. The SMILES string of the molecule is CC(C)CCCC(C)NC(=O)C(S)Cc1ccccc1. The third kappa shape index (κ3) is 6.99. The molecule has 0 aliphatic carbocycles. The highest BCUT2D eigenvalue weighted by Gasteiger charge is 2.16. The van der Waals surface area contributed by atoms with Crippen LogP contribution < -0.4 is 5.32 Å². The van der Waals surface area contributed by atoms with Crippen molar-refractivity contribution in [1.82, 2.24) is 5.32 Å². The summed E-state index contributed by atoms with van der Waals surface area (Å²) in [5.74, 6) is 0.767. The van der Waals surface area contributed by atoms with Gasteiger partial charge in [0.25, 0.3) is 0 Å². The van der Waals surface area contributed by atoms with Gasteiger partial charge in [-0.15, -0.1) is 0 Å². The lowest BCUT2D eigenvalue weighted by atomic mass is 10.0. The fraction of sp³-hybridized carbons (Fsp3) is 0.588. The van der Waals surface area contributed by atoms with E-state index in [-0.39, 0.29) is 17.2 Å². The van der Waals surface area contributed by atoms with Crippen LogP contribution >= 0.6 is 12.6 Å². The lowest BCUT2D eigenvalue weighted by Crippen LogP contribution is -2.38. The average Bonchev–Trinajstić information content (AvgIpc) is 2.39. The van der Waals surface area contributed by atoms with Crippen LogP contribution in [0.4, 0.5) is 0 Å². The minimum atomic E-state index is -0.273. The molecular formula is C17H27NOS. The molecule has 1 aromatic carbocycles. The molecule has 0 aliphatic rings. The van der Waals surface area contributed by atoms with Crippen LogP contribution in [0.1, 0.15) is 45.6 Å². The van der Waals surface area contributed by atoms with E-state index in [0.717, 1.165) is 24.3 Å². The van der Waals surface area contributed by atoms with Gasteiger partial charge in [-0.1, -0.05) is 57.0 Å². The van der Waals surface area contributed by atoms with Crippen molar-refractivity contribution in [2.24, 2.45) is 5.92 Å². The Bertz CT molecular complexity index is 391. The molecule has 2 nitrogen and oxygen atoms in total. The van der Waals surface area contributed by atoms with Crippen molar-refractivity contribution in [3.05, 3.63) is 35.9 Å². The quantitative estimate of drug-likeness (QED) is 0.700. The maximum absolute atomic E-state index is 12.1. The maximum atomic E-state index is 12.1. The van der Waals surface area contributed by atoms with Gasteiger partial charge in [-0.2, -0.15) is 12.6 Å². The van der Waals surface area contributed by atoms with Crippen molar-refractivity contribution >= 4 is 18.5 Å². The van der Waals surface area contributed by atoms with Gasteiger partial charge < -0.3 is 5.32 Å². The molecule has 0 heterocycles. The van der Waals surface area contributed by atoms with Crippen LogP contribution in [-0.4, -0.2) is 17.2 Å². The number of hydrogen-bond acceptors (Lipinski definition) is 2. The van der Waals surface area contributed by atoms with Crippen LogP contribution in [-0.2, 0) is 11.2 Å². The molecule has 0 aromatic heterocycles. The van der Waals surface area contributed by atoms with Crippen LogP contribution in [0.3, 0.4) is 0 Å². The standard InChI is InChI=1S/C17H27NOS/c1-13(2)8-7-9-14(3)18-17(19)16(20)12-15-10-5-4-6-11-15/h4-6,10-11,13-14,16,20H,7-9,12H2,1-3H3,(H,18,19). The Morgan fingerprint density at radius 2 is 1.80 bits per heavy atom. The van der Waals surface area contributed by atoms with Crippen LogP contribution in [0.15, 0.2) is 30.3 Å². The molecule has 1 aromatic rings. The Balaban J connectivity index is 2.30. The summed E-state index contributed by atoms with van der Waals surface area (Å²) in [6.07, 6.45) is 4.09. The fourth-order valence-corrected chi connectivity index (χ4v) is 2.46. The first-order valence-electron chi connectivity index (χ1n) is 7.51. The second-order valence-electron chi connectivity index (χ2n) is 5.94. The van der Waals surface area contributed by atoms with Crippen LogP contribution in [0, 0.1) is 5.92 Å². The van der Waals surface area contributed by atoms with Crippen LogP contribution in [0.2, 0.25) is 0 Å². The number of nitrogens with one attached hydrogen (secondary N) is 1. The zero-order valence-electron chi connectivity index (χ0n) is 12.8. The van der Waals surface area contributed by atoms with Crippen molar-refractivity contribution in [1.29, 1.82) is 0 Å². The number of amides is 1. The molecule has 0 saturated carbocycles. The molecule has 0 fully saturated rings. The predicted octanol–water partition coefficient (Wildman–Crippen LogP) is 3.86. The summed E-state index contributed by atoms with van der Waals surface area (Å²) in [6.45, 7) is 6.53. The molecule has 2 atom stereocenters. The normalized spacial score (nSPS) is 14.1. The first-order valence-corrected chi connectivity index (χ1v) is 8.03. The van der Waals surface area contributed by atoms with Gasteiger partial charge in [0.15, 0.2) is 0 Å². The summed E-state index contributed by atoms with van der Waals surface area (Å²) < 4.78 is 0. The summed E-state index contributed by atoms with van der Waals surface area (Å²) in [5.41, 5.74) is 1.15. The summed E-state index contributed by atoms with van der Waals surface area (Å²) in [4.78, 5) is 12.1. The Morgan fingerprint density at radius 3 is 2.40 bits per heavy atom. The summed E-state index contributed by atoms with van der Waals surface area (Å²) in [7, 11) is 0. The average molecular weight is 293 g/mol. The van der Waals surface area contributed by atoms with E-state index in [2.05, 4.69) is 38.7 Å². The Kier molecular flexibility index (Phi) is 7.75. The Labute approximate surface area is 128 Å². The third-order valence-corrected chi connectivity index (χ3v) is 3.80. The Morgan fingerprint density at radius 1 is 1.15 bits per heavy atom. The van der Waals surface area contributed by atoms with Crippen molar-refractivity contribution in [3.8, 4) is 0 Å². The van der Waals surface area contributed by atoms with E-state index in [1.54, 1.807) is 0 Å². The molecule has 0 radical (unpaired) electrons. The molecule has 0 aliphatic heterocycles. The van der Waals surface area contributed by atoms with Gasteiger partial charge in [-0.25, -0.2) is 0 Å². The van der Waals surface area contributed by atoms with Crippen molar-refractivity contribution in [2.45, 2.75) is 57.7 Å². The summed E-state index contributed by atoms with van der Waals surface area (Å²) in [6, 6.07) is 10.2. The van der Waals surface area contributed by atoms with Gasteiger partial charge >= 0.3 is 0 Å². The van der Waals surface area contributed by atoms with E-state index in [4.69, 9.17) is 0 Å². The van der Waals surface area contributed by atoms with E-state index >= 15 is 0 Å². The zero-order valence-corrected chi connectivity index (χ0v) is 13.7. The van der Waals surface area contributed by atoms with Crippen LogP contribution in [0.5, 0.6) is 0 Å². The lowest BCUT2D eigenvalue weighted by molar-refractivity contribution is -0.121. The minimum Gasteiger partial charge on any atom is -0.353 e. The third-order valence-electron chi connectivity index (χ3n) is 3.38. The van der Waals surface area contributed by atoms with Crippen molar-refractivity contribution < 1.29 is 4.79 Å². The number of rotatable bonds is 8. The maximum Gasteiger partial charge on any atom is 0.233 e. The topological polar surface area (TPSA) is 29.1 Å². The van der Waals surface area contributed by atoms with Gasteiger partial charge in [-0.05, 0) is 31.2 Å². The fourth-order valence-electron chi connectivity index (χ4n) is 2.17. The highest BCUT2D eigenvalue weighted by Crippen LogP contribution is 2.10. The largest absolute Gasteiger partial charge is 0.353 e. The smallest absolute Gasteiger partial charge is 0.233 e. The van der Waals surface area contributed by atoms with Crippen molar-refractivity contribution in [2.75, 3.05) is 0 Å². The van der Waals surface area contributed by atoms with E-state index in [1.807, 2.05) is 30.3 Å². The number of hydrogen-bond donors (Lipinski definition) is 2. The second kappa shape index (κ2) is 9.06. The first-order chi connectivity index (χ1) is 9.49. The van der Waals surface area contributed by atoms with Gasteiger partial charge in [-0.3, -0.25) is 4.79 Å². The lowest BCUT2D eigenvalue weighted by Gasteiger charge is -2.17. The van der Waals surface area contributed by atoms with Gasteiger partial charge in [0.2, 0.25) is 5.91 Å². The zero-order chi connectivity index (χ0) is 15.0. The van der Waals surface area contributed by atoms with E-state index < -0.39 is 0 Å². The number of carbonyl (C=O) groups excluding carboxylic acids is 1. The Hall–Kier alpha value is -0.960. The molecular weight excluding hydrogens is 266 g/mol. The van der Waals surface area contributed by atoms with Gasteiger partial charge in [0, 0.05) is 6.04 Å². The number of carbonyl (C=O) groups is 1. The van der Waals surface area contributed by atoms with E-state index in [0.29, 0.717) is 6.42 Å². The van der Waals surface area contributed by atoms with Gasteiger partial charge in [0.1, 0.15) is 0 Å². The molecule has 112 valence electrons. The first kappa shape index (κ1) is 17.1. The predicted molar refractivity (Wildman–Crippen MR) is 89.2 cm³/mol. The molecule has 0 saturated heterocycles. The molecule has 1 rings (SSSR count). The van der Waals surface area contributed by atoms with Crippen LogP contribution in [0.25, 0.3) is 0 Å². The second-order valence-corrected chi connectivity index (χ2v) is 6.56. The van der Waals surface area contributed by atoms with Crippen molar-refractivity contribution in [3.63, 3.8) is 0 Å². The molecule has 2 unspecified atom stereocenters. The summed E-state index contributed by atoms with van der Waals surface area (Å²) in [5, 5.41) is 2.79. The number of thiol groups is 1. The molecule has 0 bridgehead atoms. The highest BCUT2D eigenvalue weighted by atomic mass is 32.1. The number of benzene rings is 1.